The first kappa shape index (κ1) is 8.53. The third kappa shape index (κ3) is 1.93. The molecular formula is C5H6F4NP. The van der Waals surface area contributed by atoms with Gasteiger partial charge in [0.15, 0.2) is 0 Å². The summed E-state index contributed by atoms with van der Waals surface area (Å²) in [5.41, 5.74) is -0.937. The summed E-state index contributed by atoms with van der Waals surface area (Å²) >= 11 is 0. The number of aromatic nitrogens is 1. The summed E-state index contributed by atoms with van der Waals surface area (Å²) in [4.78, 5) is 1.91. The van der Waals surface area contributed by atoms with Gasteiger partial charge in [-0.1, -0.05) is 0 Å². The normalized spacial score (nSPS) is 15.9. The number of H-pyrrole nitrogens is 1. The number of nitrogens with one attached hydrogen (secondary N) is 1. The Hall–Kier alpha value is -0.570. The minimum absolute atomic E-state index is 0.305. The van der Waals surface area contributed by atoms with Gasteiger partial charge in [-0.2, -0.15) is 0 Å². The van der Waals surface area contributed by atoms with Gasteiger partial charge >= 0.3 is 59.8 Å². The van der Waals surface area contributed by atoms with Crippen LogP contribution in [0.5, 0.6) is 0 Å². The number of hydrogen-bond donors (Lipinski definition) is 1. The molecule has 0 atom stereocenters. The molecule has 0 amide bonds. The number of aryl methyl sites for hydroxylation is 1. The van der Waals surface area contributed by atoms with E-state index < -0.39 is 13.3 Å². The zero-order valence-electron chi connectivity index (χ0n) is 5.61. The first-order chi connectivity index (χ1) is 4.76. The molecule has 0 aliphatic heterocycles. The molecule has 1 aromatic heterocycles. The third-order valence-electron chi connectivity index (χ3n) is 1.18. The molecule has 0 bridgehead atoms. The molecule has 0 unspecified atom stereocenters. The van der Waals surface area contributed by atoms with Gasteiger partial charge in [0.25, 0.3) is 0 Å². The molecule has 6 heteroatoms. The third-order valence-corrected chi connectivity index (χ3v) is 2.17. The Morgan fingerprint density at radius 3 is 1.91 bits per heavy atom. The van der Waals surface area contributed by atoms with Crippen LogP contribution in [0.25, 0.3) is 0 Å². The Morgan fingerprint density at radius 2 is 1.73 bits per heavy atom. The van der Waals surface area contributed by atoms with Crippen LogP contribution in [0.1, 0.15) is 5.69 Å². The summed E-state index contributed by atoms with van der Waals surface area (Å²) in [7, 11) is -7.53. The molecule has 0 aromatic carbocycles. The van der Waals surface area contributed by atoms with Gasteiger partial charge in [-0.3, -0.25) is 0 Å². The van der Waals surface area contributed by atoms with E-state index in [4.69, 9.17) is 0 Å². The number of rotatable bonds is 1. The molecule has 0 aliphatic carbocycles. The summed E-state index contributed by atoms with van der Waals surface area (Å²) < 4.78 is 47.7. The van der Waals surface area contributed by atoms with E-state index in [1.807, 2.05) is 4.98 Å². The fourth-order valence-corrected chi connectivity index (χ4v) is 1.33. The first-order valence-electron chi connectivity index (χ1n) is 2.81. The second kappa shape index (κ2) is 1.97. The molecule has 0 spiro atoms. The predicted molar refractivity (Wildman–Crippen MR) is 36.5 cm³/mol. The summed E-state index contributed by atoms with van der Waals surface area (Å²) in [6, 6.07) is 1.90. The molecule has 1 heterocycles. The van der Waals surface area contributed by atoms with E-state index in [-0.39, 0.29) is 0 Å². The van der Waals surface area contributed by atoms with Gasteiger partial charge in [0.05, 0.1) is 0 Å². The first-order valence-corrected chi connectivity index (χ1v) is 4.61. The fraction of sp³-hybridized carbons (Fsp3) is 0.200. The van der Waals surface area contributed by atoms with E-state index in [0.29, 0.717) is 11.8 Å². The maximum atomic E-state index is 11.9. The van der Waals surface area contributed by atoms with E-state index in [9.17, 15) is 16.8 Å². The summed E-state index contributed by atoms with van der Waals surface area (Å²) in [6.45, 7) is 1.44. The Labute approximate surface area is 60.8 Å². The van der Waals surface area contributed by atoms with E-state index >= 15 is 0 Å². The van der Waals surface area contributed by atoms with Gasteiger partial charge in [0.1, 0.15) is 0 Å². The van der Waals surface area contributed by atoms with Crippen molar-refractivity contribution in [1.29, 1.82) is 0 Å². The van der Waals surface area contributed by atoms with Crippen LogP contribution in [0.2, 0.25) is 0 Å². The Bertz CT molecular complexity index is 264. The zero-order valence-corrected chi connectivity index (χ0v) is 6.51. The SMILES string of the molecule is Cc1ccc(P(F)(F)(F)F)[nH]1. The minimum atomic E-state index is -7.53. The molecule has 1 nitrogen and oxygen atoms in total. The molecule has 11 heavy (non-hydrogen) atoms. The molecule has 0 radical (unpaired) electrons. The summed E-state index contributed by atoms with van der Waals surface area (Å²) in [5, 5.41) is 0. The quantitative estimate of drug-likeness (QED) is 0.513. The monoisotopic (exact) mass is 187 g/mol. The van der Waals surface area contributed by atoms with E-state index in [0.717, 1.165) is 0 Å². The van der Waals surface area contributed by atoms with Crippen LogP contribution < -0.4 is 5.44 Å². The van der Waals surface area contributed by atoms with Gasteiger partial charge in [-0.25, -0.2) is 0 Å². The van der Waals surface area contributed by atoms with Crippen LogP contribution in [-0.4, -0.2) is 4.98 Å². The van der Waals surface area contributed by atoms with Crippen molar-refractivity contribution in [3.05, 3.63) is 17.8 Å². The number of hydrogen-bond acceptors (Lipinski definition) is 0. The molecular weight excluding hydrogens is 181 g/mol. The summed E-state index contributed by atoms with van der Waals surface area (Å²) in [5.74, 6) is 0. The van der Waals surface area contributed by atoms with Gasteiger partial charge in [-0.05, 0) is 0 Å². The van der Waals surface area contributed by atoms with Crippen LogP contribution >= 0.6 is 7.85 Å². The Morgan fingerprint density at radius 1 is 1.18 bits per heavy atom. The molecule has 0 aliphatic rings. The second-order valence-electron chi connectivity index (χ2n) is 2.25. The molecule has 1 rings (SSSR count). The Balaban J connectivity index is 3.13. The average Bonchev–Trinajstić information content (AvgIpc) is 2.09. The van der Waals surface area contributed by atoms with Crippen LogP contribution in [0.15, 0.2) is 12.1 Å². The Kier molecular flexibility index (Phi) is 1.53. The molecule has 1 aromatic rings. The van der Waals surface area contributed by atoms with Gasteiger partial charge in [0.2, 0.25) is 0 Å². The van der Waals surface area contributed by atoms with Crippen molar-refractivity contribution in [3.8, 4) is 0 Å². The van der Waals surface area contributed by atoms with Gasteiger partial charge in [-0.15, -0.1) is 0 Å². The molecule has 64 valence electrons. The second-order valence-corrected chi connectivity index (χ2v) is 4.17. The van der Waals surface area contributed by atoms with E-state index in [1.54, 1.807) is 0 Å². The van der Waals surface area contributed by atoms with Crippen molar-refractivity contribution >= 4 is 13.3 Å². The zero-order chi connectivity index (χ0) is 8.72. The van der Waals surface area contributed by atoms with Crippen molar-refractivity contribution < 1.29 is 16.8 Å². The van der Waals surface area contributed by atoms with E-state index in [2.05, 4.69) is 0 Å². The van der Waals surface area contributed by atoms with Gasteiger partial charge < -0.3 is 0 Å². The average molecular weight is 187 g/mol. The molecule has 1 N–H and O–H groups in total. The standard InChI is InChI=1S/C5H6F4NP/c1-4-2-3-5(10-4)11(6,7,8)9/h2-3,10H,1H3. The van der Waals surface area contributed by atoms with Crippen LogP contribution in [0, 0.1) is 6.92 Å². The number of halogens is 4. The van der Waals surface area contributed by atoms with Crippen LogP contribution in [-0.2, 0) is 0 Å². The maximum absolute atomic E-state index is 11.9. The molecule has 0 fully saturated rings. The topological polar surface area (TPSA) is 15.8 Å². The van der Waals surface area contributed by atoms with Gasteiger partial charge in [0, 0.05) is 0 Å². The van der Waals surface area contributed by atoms with Crippen LogP contribution in [0.3, 0.4) is 0 Å². The number of aromatic amines is 1. The van der Waals surface area contributed by atoms with Crippen LogP contribution in [0.4, 0.5) is 16.8 Å². The summed E-state index contributed by atoms with van der Waals surface area (Å²) in [6.07, 6.45) is 0. The van der Waals surface area contributed by atoms with E-state index in [1.165, 1.54) is 13.0 Å². The molecule has 0 saturated carbocycles. The van der Waals surface area contributed by atoms with Crippen molar-refractivity contribution in [3.63, 3.8) is 0 Å². The predicted octanol–water partition coefficient (Wildman–Crippen LogP) is 3.04. The van der Waals surface area contributed by atoms with Crippen molar-refractivity contribution in [1.82, 2.24) is 4.98 Å². The van der Waals surface area contributed by atoms with Crippen molar-refractivity contribution in [2.24, 2.45) is 0 Å². The van der Waals surface area contributed by atoms with Crippen molar-refractivity contribution in [2.45, 2.75) is 6.92 Å². The van der Waals surface area contributed by atoms with Crippen molar-refractivity contribution in [2.75, 3.05) is 0 Å². The molecule has 0 saturated heterocycles. The fourth-order valence-electron chi connectivity index (χ4n) is 0.686.